The van der Waals surface area contributed by atoms with Crippen molar-refractivity contribution in [3.63, 3.8) is 0 Å². The minimum Gasteiger partial charge on any atom is -0.397 e. The largest absolute Gasteiger partial charge is 0.397 e. The Hall–Kier alpha value is -0.830. The summed E-state index contributed by atoms with van der Waals surface area (Å²) in [6.07, 6.45) is 2.50. The molecule has 0 aliphatic carbocycles. The molecular weight excluding hydrogens is 192 g/mol. The van der Waals surface area contributed by atoms with Crippen molar-refractivity contribution in [1.29, 1.82) is 0 Å². The number of rotatable bonds is 2. The molecular formula is C11H16N2S. The molecule has 0 radical (unpaired) electrons. The highest BCUT2D eigenvalue weighted by molar-refractivity contribution is 7.99. The number of hydrogen-bond acceptors (Lipinski definition) is 3. The van der Waals surface area contributed by atoms with E-state index in [-0.39, 0.29) is 0 Å². The number of nitrogens with one attached hydrogen (secondary N) is 1. The standard InChI is InChI=1S/C11H16N2S/c12-10-3-1-2-4-11(10)13-9-5-7-14-8-6-9/h1-4,9,13H,5-8,12H2. The molecule has 1 fully saturated rings. The van der Waals surface area contributed by atoms with Crippen LogP contribution in [0.1, 0.15) is 12.8 Å². The zero-order valence-electron chi connectivity index (χ0n) is 8.20. The molecule has 0 atom stereocenters. The van der Waals surface area contributed by atoms with Gasteiger partial charge in [-0.1, -0.05) is 12.1 Å². The minimum atomic E-state index is 0.612. The quantitative estimate of drug-likeness (QED) is 0.734. The Morgan fingerprint density at radius 3 is 2.64 bits per heavy atom. The summed E-state index contributed by atoms with van der Waals surface area (Å²) in [5.74, 6) is 2.54. The molecule has 1 aliphatic heterocycles. The highest BCUT2D eigenvalue weighted by atomic mass is 32.2. The van der Waals surface area contributed by atoms with E-state index in [9.17, 15) is 0 Å². The highest BCUT2D eigenvalue weighted by Crippen LogP contribution is 2.23. The number of hydrogen-bond donors (Lipinski definition) is 2. The molecule has 1 aliphatic rings. The molecule has 1 aromatic carbocycles. The van der Waals surface area contributed by atoms with Gasteiger partial charge in [-0.05, 0) is 36.5 Å². The number of nitrogen functional groups attached to an aromatic ring is 1. The summed E-state index contributed by atoms with van der Waals surface area (Å²) in [6, 6.07) is 8.60. The smallest absolute Gasteiger partial charge is 0.0576 e. The third kappa shape index (κ3) is 2.35. The van der Waals surface area contributed by atoms with Gasteiger partial charge in [-0.2, -0.15) is 11.8 Å². The van der Waals surface area contributed by atoms with E-state index in [1.165, 1.54) is 24.3 Å². The Balaban J connectivity index is 1.99. The number of benzene rings is 1. The second-order valence-electron chi connectivity index (χ2n) is 3.62. The topological polar surface area (TPSA) is 38.0 Å². The van der Waals surface area contributed by atoms with E-state index < -0.39 is 0 Å². The first-order valence-electron chi connectivity index (χ1n) is 5.05. The van der Waals surface area contributed by atoms with Crippen molar-refractivity contribution in [2.24, 2.45) is 0 Å². The number of nitrogens with two attached hydrogens (primary N) is 1. The molecule has 76 valence electrons. The molecule has 2 nitrogen and oxygen atoms in total. The lowest BCUT2D eigenvalue weighted by molar-refractivity contribution is 0.667. The highest BCUT2D eigenvalue weighted by Gasteiger charge is 2.13. The van der Waals surface area contributed by atoms with Crippen molar-refractivity contribution >= 4 is 23.1 Å². The van der Waals surface area contributed by atoms with Crippen LogP contribution in [-0.2, 0) is 0 Å². The second kappa shape index (κ2) is 4.60. The van der Waals surface area contributed by atoms with Crippen LogP contribution in [0.4, 0.5) is 11.4 Å². The summed E-state index contributed by atoms with van der Waals surface area (Å²) < 4.78 is 0. The van der Waals surface area contributed by atoms with Gasteiger partial charge >= 0.3 is 0 Å². The van der Waals surface area contributed by atoms with Crippen molar-refractivity contribution < 1.29 is 0 Å². The van der Waals surface area contributed by atoms with E-state index in [0.717, 1.165) is 11.4 Å². The maximum absolute atomic E-state index is 5.87. The fourth-order valence-corrected chi connectivity index (χ4v) is 2.80. The lowest BCUT2D eigenvalue weighted by Gasteiger charge is -2.24. The third-order valence-corrected chi connectivity index (χ3v) is 3.59. The van der Waals surface area contributed by atoms with Crippen LogP contribution < -0.4 is 11.1 Å². The first kappa shape index (κ1) is 9.71. The van der Waals surface area contributed by atoms with Gasteiger partial charge in [0, 0.05) is 6.04 Å². The van der Waals surface area contributed by atoms with Gasteiger partial charge in [0.15, 0.2) is 0 Å². The number of para-hydroxylation sites is 2. The molecule has 1 heterocycles. The van der Waals surface area contributed by atoms with Crippen molar-refractivity contribution in [3.05, 3.63) is 24.3 Å². The summed E-state index contributed by atoms with van der Waals surface area (Å²) >= 11 is 2.04. The van der Waals surface area contributed by atoms with Crippen LogP contribution in [0.5, 0.6) is 0 Å². The molecule has 0 bridgehead atoms. The van der Waals surface area contributed by atoms with E-state index in [1.807, 2.05) is 30.0 Å². The Kier molecular flexibility index (Phi) is 3.19. The Morgan fingerprint density at radius 2 is 1.93 bits per heavy atom. The summed E-state index contributed by atoms with van der Waals surface area (Å²) in [7, 11) is 0. The molecule has 1 aromatic rings. The minimum absolute atomic E-state index is 0.612. The van der Waals surface area contributed by atoms with Gasteiger partial charge in [0.1, 0.15) is 0 Å². The Labute approximate surface area is 89.3 Å². The third-order valence-electron chi connectivity index (χ3n) is 2.54. The average molecular weight is 208 g/mol. The normalized spacial score (nSPS) is 18.0. The van der Waals surface area contributed by atoms with Crippen LogP contribution in [0.2, 0.25) is 0 Å². The SMILES string of the molecule is Nc1ccccc1NC1CCSCC1. The van der Waals surface area contributed by atoms with Crippen LogP contribution in [-0.4, -0.2) is 17.5 Å². The van der Waals surface area contributed by atoms with Crippen molar-refractivity contribution in [2.75, 3.05) is 22.6 Å². The van der Waals surface area contributed by atoms with Crippen LogP contribution in [0.3, 0.4) is 0 Å². The number of thioether (sulfide) groups is 1. The van der Waals surface area contributed by atoms with Gasteiger partial charge in [-0.15, -0.1) is 0 Å². The van der Waals surface area contributed by atoms with E-state index in [4.69, 9.17) is 5.73 Å². The average Bonchev–Trinajstić information content (AvgIpc) is 2.23. The van der Waals surface area contributed by atoms with Crippen molar-refractivity contribution in [3.8, 4) is 0 Å². The van der Waals surface area contributed by atoms with Crippen LogP contribution in [0.15, 0.2) is 24.3 Å². The molecule has 0 saturated carbocycles. The molecule has 0 aromatic heterocycles. The Morgan fingerprint density at radius 1 is 1.21 bits per heavy atom. The zero-order chi connectivity index (χ0) is 9.80. The fourth-order valence-electron chi connectivity index (χ4n) is 1.69. The molecule has 3 heteroatoms. The van der Waals surface area contributed by atoms with Gasteiger partial charge < -0.3 is 11.1 Å². The molecule has 2 rings (SSSR count). The van der Waals surface area contributed by atoms with E-state index >= 15 is 0 Å². The lowest BCUT2D eigenvalue weighted by Crippen LogP contribution is -2.24. The first-order valence-corrected chi connectivity index (χ1v) is 6.20. The van der Waals surface area contributed by atoms with Gasteiger partial charge in [-0.25, -0.2) is 0 Å². The molecule has 1 saturated heterocycles. The van der Waals surface area contributed by atoms with Gasteiger partial charge in [0.25, 0.3) is 0 Å². The molecule has 0 amide bonds. The molecule has 0 unspecified atom stereocenters. The monoisotopic (exact) mass is 208 g/mol. The van der Waals surface area contributed by atoms with E-state index in [1.54, 1.807) is 0 Å². The zero-order valence-corrected chi connectivity index (χ0v) is 9.02. The summed E-state index contributed by atoms with van der Waals surface area (Å²) in [6.45, 7) is 0. The van der Waals surface area contributed by atoms with Crippen LogP contribution in [0.25, 0.3) is 0 Å². The molecule has 14 heavy (non-hydrogen) atoms. The number of anilines is 2. The van der Waals surface area contributed by atoms with E-state index in [2.05, 4.69) is 11.4 Å². The summed E-state index contributed by atoms with van der Waals surface area (Å²) in [5.41, 5.74) is 7.81. The fraction of sp³-hybridized carbons (Fsp3) is 0.455. The second-order valence-corrected chi connectivity index (χ2v) is 4.84. The maximum Gasteiger partial charge on any atom is 0.0576 e. The van der Waals surface area contributed by atoms with Gasteiger partial charge in [0.05, 0.1) is 11.4 Å². The predicted molar refractivity (Wildman–Crippen MR) is 64.8 cm³/mol. The van der Waals surface area contributed by atoms with Gasteiger partial charge in [0.2, 0.25) is 0 Å². The van der Waals surface area contributed by atoms with Crippen LogP contribution >= 0.6 is 11.8 Å². The van der Waals surface area contributed by atoms with Crippen molar-refractivity contribution in [1.82, 2.24) is 0 Å². The molecule has 0 spiro atoms. The predicted octanol–water partition coefficient (Wildman–Crippen LogP) is 2.58. The lowest BCUT2D eigenvalue weighted by atomic mass is 10.1. The summed E-state index contributed by atoms with van der Waals surface area (Å²) in [5, 5.41) is 3.51. The van der Waals surface area contributed by atoms with Crippen molar-refractivity contribution in [2.45, 2.75) is 18.9 Å². The van der Waals surface area contributed by atoms with E-state index in [0.29, 0.717) is 6.04 Å². The first-order chi connectivity index (χ1) is 6.86. The molecule has 3 N–H and O–H groups in total. The van der Waals surface area contributed by atoms with Crippen LogP contribution in [0, 0.1) is 0 Å². The van der Waals surface area contributed by atoms with Gasteiger partial charge in [-0.3, -0.25) is 0 Å². The Bertz CT molecular complexity index is 295. The maximum atomic E-state index is 5.87. The summed E-state index contributed by atoms with van der Waals surface area (Å²) in [4.78, 5) is 0.